The Morgan fingerprint density at radius 2 is 2.18 bits per heavy atom. The van der Waals surface area contributed by atoms with E-state index in [-0.39, 0.29) is 0 Å². The normalized spacial score (nSPS) is 19.1. The highest BCUT2D eigenvalue weighted by Gasteiger charge is 2.12. The van der Waals surface area contributed by atoms with Crippen molar-refractivity contribution in [2.45, 2.75) is 6.42 Å². The van der Waals surface area contributed by atoms with Crippen molar-refractivity contribution in [1.82, 2.24) is 0 Å². The molecule has 0 aliphatic heterocycles. The van der Waals surface area contributed by atoms with E-state index < -0.39 is 0 Å². The van der Waals surface area contributed by atoms with E-state index in [0.29, 0.717) is 0 Å². The molecule has 11 heavy (non-hydrogen) atoms. The monoisotopic (exact) mass is 142 g/mol. The van der Waals surface area contributed by atoms with Gasteiger partial charge in [-0.05, 0) is 23.1 Å². The Hall–Kier alpha value is -1.30. The van der Waals surface area contributed by atoms with E-state index in [1.54, 1.807) is 0 Å². The standard InChI is InChI=1S/C11H10/c1-2-4-9-7-8-10-5-3-6-11(9)10/h2-3,5-8H,1,4H2. The van der Waals surface area contributed by atoms with Crippen LogP contribution in [0.25, 0.3) is 0 Å². The van der Waals surface area contributed by atoms with Gasteiger partial charge < -0.3 is 0 Å². The van der Waals surface area contributed by atoms with Crippen molar-refractivity contribution >= 4 is 0 Å². The number of fused-ring (bicyclic) bond motifs is 1. The molecule has 0 heterocycles. The maximum Gasteiger partial charge on any atom is -0.00940 e. The molecule has 0 atom stereocenters. The molecule has 0 heteroatoms. The minimum absolute atomic E-state index is 0.980. The molecule has 0 unspecified atom stereocenters. The third-order valence-corrected chi connectivity index (χ3v) is 2.02. The van der Waals surface area contributed by atoms with Gasteiger partial charge >= 0.3 is 0 Å². The summed E-state index contributed by atoms with van der Waals surface area (Å²) < 4.78 is 0. The Morgan fingerprint density at radius 1 is 1.27 bits per heavy atom. The fraction of sp³-hybridized carbons (Fsp3) is 0.0909. The SMILES string of the molecule is C=CCC1=C2C=CC=C2C=C1. The number of allylic oxidation sites excluding steroid dienone is 9. The summed E-state index contributed by atoms with van der Waals surface area (Å²) in [6, 6.07) is 0. The van der Waals surface area contributed by atoms with E-state index in [4.69, 9.17) is 0 Å². The molecule has 54 valence electrons. The number of hydrogen-bond donors (Lipinski definition) is 0. The zero-order valence-electron chi connectivity index (χ0n) is 6.38. The van der Waals surface area contributed by atoms with Gasteiger partial charge in [0, 0.05) is 0 Å². The molecule has 2 aliphatic carbocycles. The number of hydrogen-bond acceptors (Lipinski definition) is 0. The maximum absolute atomic E-state index is 3.73. The van der Waals surface area contributed by atoms with Gasteiger partial charge in [-0.25, -0.2) is 0 Å². The van der Waals surface area contributed by atoms with Crippen LogP contribution in [0, 0.1) is 0 Å². The first-order valence-electron chi connectivity index (χ1n) is 3.82. The predicted octanol–water partition coefficient (Wildman–Crippen LogP) is 2.93. The predicted molar refractivity (Wildman–Crippen MR) is 48.2 cm³/mol. The highest BCUT2D eigenvalue weighted by molar-refractivity contribution is 5.63. The van der Waals surface area contributed by atoms with E-state index in [1.807, 2.05) is 6.08 Å². The molecule has 2 rings (SSSR count). The second-order valence-electron chi connectivity index (χ2n) is 2.75. The third kappa shape index (κ3) is 0.911. The molecule has 0 radical (unpaired) electrons. The molecule has 0 amide bonds. The zero-order valence-corrected chi connectivity index (χ0v) is 6.38. The lowest BCUT2D eigenvalue weighted by atomic mass is 10.1. The first-order chi connectivity index (χ1) is 5.42. The van der Waals surface area contributed by atoms with E-state index in [1.165, 1.54) is 16.7 Å². The van der Waals surface area contributed by atoms with Gasteiger partial charge in [0.1, 0.15) is 0 Å². The Labute approximate surface area is 66.9 Å². The van der Waals surface area contributed by atoms with Crippen LogP contribution in [0.4, 0.5) is 0 Å². The molecule has 0 aromatic heterocycles. The lowest BCUT2D eigenvalue weighted by molar-refractivity contribution is 1.28. The third-order valence-electron chi connectivity index (χ3n) is 2.02. The largest absolute Gasteiger partial charge is 0.103 e. The van der Waals surface area contributed by atoms with Crippen molar-refractivity contribution in [2.75, 3.05) is 0 Å². The molecule has 0 nitrogen and oxygen atoms in total. The minimum atomic E-state index is 0.980. The fourth-order valence-corrected chi connectivity index (χ4v) is 1.49. The second-order valence-corrected chi connectivity index (χ2v) is 2.75. The molecule has 0 bridgehead atoms. The first-order valence-corrected chi connectivity index (χ1v) is 3.82. The highest BCUT2D eigenvalue weighted by Crippen LogP contribution is 2.31. The molecule has 0 saturated heterocycles. The summed E-state index contributed by atoms with van der Waals surface area (Å²) in [5.74, 6) is 0. The Morgan fingerprint density at radius 3 is 3.00 bits per heavy atom. The minimum Gasteiger partial charge on any atom is -0.103 e. The molecular formula is C11H10. The van der Waals surface area contributed by atoms with Crippen LogP contribution >= 0.6 is 0 Å². The first kappa shape index (κ1) is 6.41. The average molecular weight is 142 g/mol. The van der Waals surface area contributed by atoms with Crippen LogP contribution in [0.2, 0.25) is 0 Å². The van der Waals surface area contributed by atoms with Gasteiger partial charge in [0.2, 0.25) is 0 Å². The van der Waals surface area contributed by atoms with Crippen LogP contribution in [0.3, 0.4) is 0 Å². The van der Waals surface area contributed by atoms with Gasteiger partial charge in [-0.15, -0.1) is 6.58 Å². The van der Waals surface area contributed by atoms with E-state index in [2.05, 4.69) is 37.0 Å². The van der Waals surface area contributed by atoms with Gasteiger partial charge in [0.25, 0.3) is 0 Å². The van der Waals surface area contributed by atoms with Crippen molar-refractivity contribution < 1.29 is 0 Å². The van der Waals surface area contributed by atoms with E-state index in [9.17, 15) is 0 Å². The van der Waals surface area contributed by atoms with E-state index >= 15 is 0 Å². The summed E-state index contributed by atoms with van der Waals surface area (Å²) in [6.45, 7) is 3.73. The summed E-state index contributed by atoms with van der Waals surface area (Å²) in [4.78, 5) is 0. The summed E-state index contributed by atoms with van der Waals surface area (Å²) >= 11 is 0. The molecular weight excluding hydrogens is 132 g/mol. The van der Waals surface area contributed by atoms with Crippen LogP contribution in [0.1, 0.15) is 6.42 Å². The Bertz CT molecular complexity index is 309. The smallest absolute Gasteiger partial charge is 0.00940 e. The van der Waals surface area contributed by atoms with Gasteiger partial charge in [-0.3, -0.25) is 0 Å². The average Bonchev–Trinajstić information content (AvgIpc) is 2.53. The molecule has 0 aromatic carbocycles. The second kappa shape index (κ2) is 2.39. The van der Waals surface area contributed by atoms with Crippen LogP contribution in [0.15, 0.2) is 59.8 Å². The van der Waals surface area contributed by atoms with E-state index in [0.717, 1.165) is 6.42 Å². The molecule has 0 fully saturated rings. The van der Waals surface area contributed by atoms with Gasteiger partial charge in [0.05, 0.1) is 0 Å². The van der Waals surface area contributed by atoms with Crippen LogP contribution in [-0.2, 0) is 0 Å². The maximum atomic E-state index is 3.73. The lowest BCUT2D eigenvalue weighted by Gasteiger charge is -1.96. The Balaban J connectivity index is 2.38. The summed E-state index contributed by atoms with van der Waals surface area (Å²) in [6.07, 6.45) is 13.7. The van der Waals surface area contributed by atoms with Crippen molar-refractivity contribution in [2.24, 2.45) is 0 Å². The quantitative estimate of drug-likeness (QED) is 0.520. The van der Waals surface area contributed by atoms with Crippen molar-refractivity contribution in [3.63, 3.8) is 0 Å². The number of rotatable bonds is 2. The van der Waals surface area contributed by atoms with Crippen molar-refractivity contribution in [1.29, 1.82) is 0 Å². The molecule has 0 spiro atoms. The summed E-state index contributed by atoms with van der Waals surface area (Å²) in [5, 5.41) is 0. The molecule has 0 aromatic rings. The van der Waals surface area contributed by atoms with Crippen molar-refractivity contribution in [3.05, 3.63) is 59.8 Å². The van der Waals surface area contributed by atoms with Gasteiger partial charge in [0.15, 0.2) is 0 Å². The highest BCUT2D eigenvalue weighted by atomic mass is 14.2. The van der Waals surface area contributed by atoms with Gasteiger partial charge in [-0.2, -0.15) is 0 Å². The van der Waals surface area contributed by atoms with Gasteiger partial charge in [-0.1, -0.05) is 36.5 Å². The van der Waals surface area contributed by atoms with Crippen molar-refractivity contribution in [3.8, 4) is 0 Å². The summed E-state index contributed by atoms with van der Waals surface area (Å²) in [5.41, 5.74) is 4.12. The lowest BCUT2D eigenvalue weighted by Crippen LogP contribution is -1.78. The molecule has 0 saturated carbocycles. The summed E-state index contributed by atoms with van der Waals surface area (Å²) in [7, 11) is 0. The topological polar surface area (TPSA) is 0 Å². The molecule has 0 N–H and O–H groups in total. The Kier molecular flexibility index (Phi) is 1.39. The molecule has 2 aliphatic rings. The zero-order chi connectivity index (χ0) is 7.68. The fourth-order valence-electron chi connectivity index (χ4n) is 1.49. The van der Waals surface area contributed by atoms with Crippen LogP contribution in [0.5, 0.6) is 0 Å². The van der Waals surface area contributed by atoms with Crippen LogP contribution in [-0.4, -0.2) is 0 Å². The van der Waals surface area contributed by atoms with Crippen LogP contribution < -0.4 is 0 Å².